The minimum absolute atomic E-state index is 0.111. The van der Waals surface area contributed by atoms with Gasteiger partial charge in [-0.1, -0.05) is 6.92 Å². The Labute approximate surface area is 123 Å². The number of hydrogen-bond donors (Lipinski definition) is 1. The molecule has 0 fully saturated rings. The number of hydrogen-bond acceptors (Lipinski definition) is 6. The van der Waals surface area contributed by atoms with Crippen LogP contribution in [0.15, 0.2) is 0 Å². The molecule has 0 spiro atoms. The van der Waals surface area contributed by atoms with E-state index in [2.05, 4.69) is 19.9 Å². The third-order valence-electron chi connectivity index (χ3n) is 2.88. The molecule has 1 rings (SSSR count). The van der Waals surface area contributed by atoms with Gasteiger partial charge in [-0.2, -0.15) is 0 Å². The number of methoxy groups -OCH3 is 2. The molecule has 8 nitrogen and oxygen atoms in total. The van der Waals surface area contributed by atoms with Crippen molar-refractivity contribution in [3.8, 4) is 0 Å². The summed E-state index contributed by atoms with van der Waals surface area (Å²) in [5.74, 6) is 0.0985. The predicted molar refractivity (Wildman–Crippen MR) is 74.8 cm³/mol. The molecule has 0 aliphatic heterocycles. The molecule has 0 bridgehead atoms. The summed E-state index contributed by atoms with van der Waals surface area (Å²) in [6.07, 6.45) is 1.78. The van der Waals surface area contributed by atoms with E-state index in [1.54, 1.807) is 7.11 Å². The second-order valence-corrected chi connectivity index (χ2v) is 4.47. The maximum Gasteiger partial charge on any atom is 0.307 e. The first-order valence-electron chi connectivity index (χ1n) is 6.88. The maximum absolute atomic E-state index is 12.3. The van der Waals surface area contributed by atoms with Crippen molar-refractivity contribution in [3.63, 3.8) is 0 Å². The highest BCUT2D eigenvalue weighted by Gasteiger charge is 2.21. The van der Waals surface area contributed by atoms with Crippen molar-refractivity contribution in [2.24, 2.45) is 0 Å². The molecule has 0 atom stereocenters. The largest absolute Gasteiger partial charge is 0.469 e. The van der Waals surface area contributed by atoms with Crippen molar-refractivity contribution < 1.29 is 19.1 Å². The molecule has 1 heterocycles. The fourth-order valence-corrected chi connectivity index (χ4v) is 1.73. The van der Waals surface area contributed by atoms with Crippen molar-refractivity contribution in [3.05, 3.63) is 11.6 Å². The van der Waals surface area contributed by atoms with E-state index < -0.39 is 0 Å². The summed E-state index contributed by atoms with van der Waals surface area (Å²) < 4.78 is 9.56. The first-order valence-corrected chi connectivity index (χ1v) is 6.88. The van der Waals surface area contributed by atoms with Crippen LogP contribution < -0.4 is 0 Å². The Balaban J connectivity index is 2.70. The zero-order valence-corrected chi connectivity index (χ0v) is 12.7. The molecule has 0 aromatic carbocycles. The molecule has 21 heavy (non-hydrogen) atoms. The fourth-order valence-electron chi connectivity index (χ4n) is 1.73. The van der Waals surface area contributed by atoms with Gasteiger partial charge in [-0.05, 0) is 6.42 Å². The molecule has 0 aliphatic rings. The van der Waals surface area contributed by atoms with E-state index in [1.807, 2.05) is 6.92 Å². The van der Waals surface area contributed by atoms with Gasteiger partial charge in [0.25, 0.3) is 5.91 Å². The number of nitrogens with zero attached hydrogens (tertiary/aromatic N) is 3. The SMILES string of the molecule is CCCc1nc(C(=O)N(CCOC)CCC(=O)OC)n[nH]1. The lowest BCUT2D eigenvalue weighted by Gasteiger charge is -2.20. The summed E-state index contributed by atoms with van der Waals surface area (Å²) in [7, 11) is 2.87. The highest BCUT2D eigenvalue weighted by molar-refractivity contribution is 5.90. The standard InChI is InChI=1S/C13H22N4O4/c1-4-5-10-14-12(16-15-10)13(19)17(8-9-20-2)7-6-11(18)21-3/h4-9H2,1-3H3,(H,14,15,16). The molecule has 1 N–H and O–H groups in total. The summed E-state index contributed by atoms with van der Waals surface area (Å²) in [6.45, 7) is 3.00. The van der Waals surface area contributed by atoms with Crippen LogP contribution in [0.3, 0.4) is 0 Å². The first-order chi connectivity index (χ1) is 10.1. The summed E-state index contributed by atoms with van der Waals surface area (Å²) in [5.41, 5.74) is 0. The molecule has 8 heteroatoms. The quantitative estimate of drug-likeness (QED) is 0.663. The van der Waals surface area contributed by atoms with Crippen LogP contribution in [0.1, 0.15) is 36.2 Å². The lowest BCUT2D eigenvalue weighted by atomic mass is 10.3. The molecule has 1 aromatic rings. The van der Waals surface area contributed by atoms with Gasteiger partial charge in [-0.15, -0.1) is 5.10 Å². The molecule has 0 unspecified atom stereocenters. The van der Waals surface area contributed by atoms with Crippen LogP contribution in [0.4, 0.5) is 0 Å². The van der Waals surface area contributed by atoms with E-state index in [4.69, 9.17) is 4.74 Å². The van der Waals surface area contributed by atoms with Crippen LogP contribution >= 0.6 is 0 Å². The normalized spacial score (nSPS) is 10.4. The Kier molecular flexibility index (Phi) is 7.38. The summed E-state index contributed by atoms with van der Waals surface area (Å²) in [4.78, 5) is 29.2. The molecule has 0 aliphatic carbocycles. The van der Waals surface area contributed by atoms with E-state index in [9.17, 15) is 9.59 Å². The number of H-pyrrole nitrogens is 1. The topological polar surface area (TPSA) is 97.4 Å². The second kappa shape index (κ2) is 9.06. The van der Waals surface area contributed by atoms with E-state index in [-0.39, 0.29) is 30.7 Å². The number of carbonyl (C=O) groups excluding carboxylic acids is 2. The summed E-state index contributed by atoms with van der Waals surface area (Å²) >= 11 is 0. The molecular weight excluding hydrogens is 276 g/mol. The Hall–Kier alpha value is -1.96. The van der Waals surface area contributed by atoms with Gasteiger partial charge in [-0.3, -0.25) is 14.7 Å². The number of rotatable bonds is 9. The number of carbonyl (C=O) groups is 2. The van der Waals surface area contributed by atoms with Crippen LogP contribution in [0.25, 0.3) is 0 Å². The van der Waals surface area contributed by atoms with E-state index in [0.29, 0.717) is 19.0 Å². The maximum atomic E-state index is 12.3. The van der Waals surface area contributed by atoms with Gasteiger partial charge in [0.1, 0.15) is 5.82 Å². The summed E-state index contributed by atoms with van der Waals surface area (Å²) in [6, 6.07) is 0. The van der Waals surface area contributed by atoms with Crippen molar-refractivity contribution in [1.29, 1.82) is 0 Å². The molecule has 118 valence electrons. The number of aromatic amines is 1. The third kappa shape index (κ3) is 5.50. The van der Waals surface area contributed by atoms with Gasteiger partial charge < -0.3 is 14.4 Å². The minimum Gasteiger partial charge on any atom is -0.469 e. The zero-order valence-electron chi connectivity index (χ0n) is 12.7. The molecular formula is C13H22N4O4. The Morgan fingerprint density at radius 2 is 2.05 bits per heavy atom. The third-order valence-corrected chi connectivity index (χ3v) is 2.88. The van der Waals surface area contributed by atoms with Crippen LogP contribution in [-0.2, 0) is 20.7 Å². The van der Waals surface area contributed by atoms with Gasteiger partial charge >= 0.3 is 5.97 Å². The van der Waals surface area contributed by atoms with Crippen LogP contribution in [0.2, 0.25) is 0 Å². The average molecular weight is 298 g/mol. The Morgan fingerprint density at radius 3 is 2.67 bits per heavy atom. The average Bonchev–Trinajstić information content (AvgIpc) is 2.95. The van der Waals surface area contributed by atoms with Crippen LogP contribution in [0, 0.1) is 0 Å². The zero-order chi connectivity index (χ0) is 15.7. The van der Waals surface area contributed by atoms with Gasteiger partial charge in [0.05, 0.1) is 20.1 Å². The monoisotopic (exact) mass is 298 g/mol. The van der Waals surface area contributed by atoms with Gasteiger partial charge in [-0.25, -0.2) is 4.98 Å². The van der Waals surface area contributed by atoms with Gasteiger partial charge in [0.2, 0.25) is 5.82 Å². The van der Waals surface area contributed by atoms with E-state index in [1.165, 1.54) is 12.0 Å². The molecule has 0 saturated carbocycles. The predicted octanol–water partition coefficient (Wildman–Crippen LogP) is 0.409. The number of esters is 1. The molecule has 1 aromatic heterocycles. The molecule has 0 radical (unpaired) electrons. The molecule has 1 amide bonds. The van der Waals surface area contributed by atoms with Crippen LogP contribution in [0.5, 0.6) is 0 Å². The highest BCUT2D eigenvalue weighted by atomic mass is 16.5. The number of nitrogens with one attached hydrogen (secondary N) is 1. The number of amides is 1. The minimum atomic E-state index is -0.369. The highest BCUT2D eigenvalue weighted by Crippen LogP contribution is 2.03. The lowest BCUT2D eigenvalue weighted by molar-refractivity contribution is -0.140. The van der Waals surface area contributed by atoms with Crippen molar-refractivity contribution in [1.82, 2.24) is 20.1 Å². The lowest BCUT2D eigenvalue weighted by Crippen LogP contribution is -2.36. The molecule has 0 saturated heterocycles. The Morgan fingerprint density at radius 1 is 1.29 bits per heavy atom. The van der Waals surface area contributed by atoms with Gasteiger partial charge in [0.15, 0.2) is 0 Å². The van der Waals surface area contributed by atoms with Crippen molar-refractivity contribution >= 4 is 11.9 Å². The first kappa shape index (κ1) is 17.1. The van der Waals surface area contributed by atoms with Crippen molar-refractivity contribution in [2.45, 2.75) is 26.2 Å². The smallest absolute Gasteiger partial charge is 0.307 e. The number of aryl methyl sites for hydroxylation is 1. The summed E-state index contributed by atoms with van der Waals surface area (Å²) in [5, 5.41) is 6.67. The Bertz CT molecular complexity index is 461. The number of ether oxygens (including phenoxy) is 2. The van der Waals surface area contributed by atoms with E-state index >= 15 is 0 Å². The second-order valence-electron chi connectivity index (χ2n) is 4.47. The number of aromatic nitrogens is 3. The van der Waals surface area contributed by atoms with Crippen LogP contribution in [-0.4, -0.2) is 65.9 Å². The fraction of sp³-hybridized carbons (Fsp3) is 0.692. The van der Waals surface area contributed by atoms with Gasteiger partial charge in [0, 0.05) is 26.6 Å². The van der Waals surface area contributed by atoms with E-state index in [0.717, 1.165) is 12.8 Å². The van der Waals surface area contributed by atoms with Crippen molar-refractivity contribution in [2.75, 3.05) is 33.9 Å².